The molecule has 0 saturated carbocycles. The Balaban J connectivity index is 1.80. The standard InChI is InChI=1S/C17H15ClN2O2S2/c1-10-19-17(14-4-3-7-23-14)15(24-10)9-16(21)20-12-8-11(18)5-6-13(12)22-2/h3-8H,9H2,1-2H3,(H,20,21). The predicted octanol–water partition coefficient (Wildman–Crippen LogP) is 5.02. The minimum atomic E-state index is -0.128. The summed E-state index contributed by atoms with van der Waals surface area (Å²) in [5.74, 6) is 0.448. The summed E-state index contributed by atoms with van der Waals surface area (Å²) < 4.78 is 5.26. The molecule has 0 atom stereocenters. The summed E-state index contributed by atoms with van der Waals surface area (Å²) in [5, 5.41) is 6.36. The van der Waals surface area contributed by atoms with Crippen molar-refractivity contribution in [3.05, 3.63) is 50.6 Å². The maximum Gasteiger partial charge on any atom is 0.229 e. The normalized spacial score (nSPS) is 10.6. The van der Waals surface area contributed by atoms with Crippen LogP contribution in [-0.4, -0.2) is 18.0 Å². The summed E-state index contributed by atoms with van der Waals surface area (Å²) in [5.41, 5.74) is 1.45. The van der Waals surface area contributed by atoms with Gasteiger partial charge in [0.1, 0.15) is 5.75 Å². The maximum atomic E-state index is 12.5. The van der Waals surface area contributed by atoms with Crippen LogP contribution in [0.4, 0.5) is 5.69 Å². The Kier molecular flexibility index (Phi) is 5.18. The van der Waals surface area contributed by atoms with Crippen LogP contribution in [0.5, 0.6) is 5.75 Å². The SMILES string of the molecule is COc1ccc(Cl)cc1NC(=O)Cc1sc(C)nc1-c1cccs1. The Morgan fingerprint density at radius 2 is 2.21 bits per heavy atom. The summed E-state index contributed by atoms with van der Waals surface area (Å²) in [6.45, 7) is 1.95. The van der Waals surface area contributed by atoms with Crippen LogP contribution in [-0.2, 0) is 11.2 Å². The van der Waals surface area contributed by atoms with Gasteiger partial charge >= 0.3 is 0 Å². The molecule has 0 saturated heterocycles. The fraction of sp³-hybridized carbons (Fsp3) is 0.176. The number of carbonyl (C=O) groups is 1. The Labute approximate surface area is 153 Å². The smallest absolute Gasteiger partial charge is 0.229 e. The van der Waals surface area contributed by atoms with E-state index in [2.05, 4.69) is 10.3 Å². The van der Waals surface area contributed by atoms with Crippen molar-refractivity contribution in [2.45, 2.75) is 13.3 Å². The van der Waals surface area contributed by atoms with E-state index < -0.39 is 0 Å². The second kappa shape index (κ2) is 7.34. The van der Waals surface area contributed by atoms with E-state index in [4.69, 9.17) is 16.3 Å². The molecular weight excluding hydrogens is 364 g/mol. The Bertz CT molecular complexity index is 860. The van der Waals surface area contributed by atoms with Crippen LogP contribution in [0.2, 0.25) is 5.02 Å². The number of nitrogens with one attached hydrogen (secondary N) is 1. The number of rotatable bonds is 5. The van der Waals surface area contributed by atoms with Crippen molar-refractivity contribution < 1.29 is 9.53 Å². The fourth-order valence-corrected chi connectivity index (χ4v) is 4.24. The zero-order chi connectivity index (χ0) is 17.1. The van der Waals surface area contributed by atoms with Gasteiger partial charge < -0.3 is 10.1 Å². The fourth-order valence-electron chi connectivity index (χ4n) is 2.31. The molecule has 2 aromatic heterocycles. The van der Waals surface area contributed by atoms with E-state index in [1.165, 1.54) is 0 Å². The highest BCUT2D eigenvalue weighted by Gasteiger charge is 2.16. The molecule has 0 aliphatic rings. The third-order valence-electron chi connectivity index (χ3n) is 3.32. The van der Waals surface area contributed by atoms with E-state index in [0.29, 0.717) is 16.5 Å². The topological polar surface area (TPSA) is 51.2 Å². The number of aromatic nitrogens is 1. The number of amides is 1. The molecule has 4 nitrogen and oxygen atoms in total. The number of benzene rings is 1. The van der Waals surface area contributed by atoms with Crippen molar-refractivity contribution in [1.29, 1.82) is 0 Å². The summed E-state index contributed by atoms with van der Waals surface area (Å²) in [4.78, 5) is 19.1. The Morgan fingerprint density at radius 3 is 2.92 bits per heavy atom. The number of nitrogens with zero attached hydrogens (tertiary/aromatic N) is 1. The van der Waals surface area contributed by atoms with Crippen molar-refractivity contribution in [2.24, 2.45) is 0 Å². The number of anilines is 1. The van der Waals surface area contributed by atoms with Crippen LogP contribution in [0.25, 0.3) is 10.6 Å². The molecule has 0 radical (unpaired) electrons. The van der Waals surface area contributed by atoms with Crippen LogP contribution in [0.15, 0.2) is 35.7 Å². The quantitative estimate of drug-likeness (QED) is 0.677. The Morgan fingerprint density at radius 1 is 1.38 bits per heavy atom. The molecule has 3 rings (SSSR count). The first-order valence-corrected chi connectivity index (χ1v) is 9.28. The van der Waals surface area contributed by atoms with Gasteiger partial charge in [0.25, 0.3) is 0 Å². The number of carbonyl (C=O) groups excluding carboxylic acids is 1. The third-order valence-corrected chi connectivity index (χ3v) is 5.40. The third kappa shape index (κ3) is 3.77. The van der Waals surface area contributed by atoms with Crippen molar-refractivity contribution in [2.75, 3.05) is 12.4 Å². The molecule has 1 aromatic carbocycles. The first kappa shape index (κ1) is 17.0. The van der Waals surface area contributed by atoms with Gasteiger partial charge in [-0.25, -0.2) is 4.98 Å². The van der Waals surface area contributed by atoms with E-state index in [-0.39, 0.29) is 12.3 Å². The molecule has 0 spiro atoms. The molecule has 1 N–H and O–H groups in total. The lowest BCUT2D eigenvalue weighted by molar-refractivity contribution is -0.115. The predicted molar refractivity (Wildman–Crippen MR) is 101 cm³/mol. The molecule has 0 unspecified atom stereocenters. The first-order chi connectivity index (χ1) is 11.6. The minimum absolute atomic E-state index is 0.128. The zero-order valence-electron chi connectivity index (χ0n) is 13.1. The number of hydrogen-bond acceptors (Lipinski definition) is 5. The second-order valence-corrected chi connectivity index (χ2v) is 7.72. The first-order valence-electron chi connectivity index (χ1n) is 7.20. The lowest BCUT2D eigenvalue weighted by atomic mass is 10.2. The monoisotopic (exact) mass is 378 g/mol. The van der Waals surface area contributed by atoms with Crippen molar-refractivity contribution >= 4 is 45.9 Å². The van der Waals surface area contributed by atoms with Crippen molar-refractivity contribution in [1.82, 2.24) is 4.98 Å². The summed E-state index contributed by atoms with van der Waals surface area (Å²) in [6, 6.07) is 9.12. The van der Waals surface area contributed by atoms with Gasteiger partial charge in [-0.05, 0) is 36.6 Å². The van der Waals surface area contributed by atoms with Crippen LogP contribution >= 0.6 is 34.3 Å². The molecule has 1 amide bonds. The molecule has 0 aliphatic heterocycles. The van der Waals surface area contributed by atoms with Crippen LogP contribution in [0.3, 0.4) is 0 Å². The van der Waals surface area contributed by atoms with Crippen LogP contribution in [0, 0.1) is 6.92 Å². The zero-order valence-corrected chi connectivity index (χ0v) is 15.5. The van der Waals surface area contributed by atoms with Gasteiger partial charge in [-0.1, -0.05) is 17.7 Å². The van der Waals surface area contributed by atoms with Crippen molar-refractivity contribution in [3.63, 3.8) is 0 Å². The molecule has 0 bridgehead atoms. The highest BCUT2D eigenvalue weighted by Crippen LogP contribution is 2.32. The van der Waals surface area contributed by atoms with E-state index >= 15 is 0 Å². The highest BCUT2D eigenvalue weighted by molar-refractivity contribution is 7.15. The van der Waals surface area contributed by atoms with Gasteiger partial charge in [0.2, 0.25) is 5.91 Å². The number of hydrogen-bond donors (Lipinski definition) is 1. The van der Waals surface area contributed by atoms with Gasteiger partial charge in [-0.15, -0.1) is 22.7 Å². The average molecular weight is 379 g/mol. The number of thiophene rings is 1. The number of thiazole rings is 1. The molecule has 7 heteroatoms. The van der Waals surface area contributed by atoms with Gasteiger partial charge in [-0.2, -0.15) is 0 Å². The molecule has 24 heavy (non-hydrogen) atoms. The van der Waals surface area contributed by atoms with E-state index in [1.807, 2.05) is 24.4 Å². The second-order valence-electron chi connectivity index (χ2n) is 5.05. The molecule has 0 fully saturated rings. The van der Waals surface area contributed by atoms with E-state index in [1.54, 1.807) is 48.0 Å². The number of aryl methyl sites for hydroxylation is 1. The van der Waals surface area contributed by atoms with E-state index in [0.717, 1.165) is 20.5 Å². The Hall–Kier alpha value is -1.89. The number of ether oxygens (including phenoxy) is 1. The molecule has 0 aliphatic carbocycles. The highest BCUT2D eigenvalue weighted by atomic mass is 35.5. The molecular formula is C17H15ClN2O2S2. The molecule has 124 valence electrons. The largest absolute Gasteiger partial charge is 0.495 e. The van der Waals surface area contributed by atoms with Crippen molar-refractivity contribution in [3.8, 4) is 16.3 Å². The van der Waals surface area contributed by atoms with Crippen LogP contribution in [0.1, 0.15) is 9.88 Å². The lowest BCUT2D eigenvalue weighted by Gasteiger charge is -2.10. The van der Waals surface area contributed by atoms with Gasteiger partial charge in [0, 0.05) is 9.90 Å². The maximum absolute atomic E-state index is 12.5. The summed E-state index contributed by atoms with van der Waals surface area (Å²) in [6.07, 6.45) is 0.258. The minimum Gasteiger partial charge on any atom is -0.495 e. The van der Waals surface area contributed by atoms with Gasteiger partial charge in [-0.3, -0.25) is 4.79 Å². The lowest BCUT2D eigenvalue weighted by Crippen LogP contribution is -2.14. The molecule has 3 aromatic rings. The number of halogens is 1. The number of methoxy groups -OCH3 is 1. The average Bonchev–Trinajstić information content (AvgIpc) is 3.17. The molecule has 2 heterocycles. The van der Waals surface area contributed by atoms with Gasteiger partial charge in [0.05, 0.1) is 34.8 Å². The summed E-state index contributed by atoms with van der Waals surface area (Å²) in [7, 11) is 1.56. The van der Waals surface area contributed by atoms with Crippen LogP contribution < -0.4 is 10.1 Å². The summed E-state index contributed by atoms with van der Waals surface area (Å²) >= 11 is 9.16. The van der Waals surface area contributed by atoms with E-state index in [9.17, 15) is 4.79 Å². The van der Waals surface area contributed by atoms with Gasteiger partial charge in [0.15, 0.2) is 0 Å².